The van der Waals surface area contributed by atoms with Gasteiger partial charge in [0.2, 0.25) is 0 Å². The molecule has 0 N–H and O–H groups in total. The fraction of sp³-hybridized carbons (Fsp3) is 0.0526. The summed E-state index contributed by atoms with van der Waals surface area (Å²) in [5.41, 5.74) is 4.24. The van der Waals surface area contributed by atoms with Crippen LogP contribution < -0.4 is 0 Å². The van der Waals surface area contributed by atoms with Crippen molar-refractivity contribution in [2.75, 3.05) is 0 Å². The largest absolute Gasteiger partial charge is 0.294 e. The molecule has 22 heavy (non-hydrogen) atoms. The predicted molar refractivity (Wildman–Crippen MR) is 92.8 cm³/mol. The van der Waals surface area contributed by atoms with E-state index in [1.54, 1.807) is 13.1 Å². The van der Waals surface area contributed by atoms with Crippen LogP contribution in [0.5, 0.6) is 0 Å². The average molecular weight is 352 g/mol. The van der Waals surface area contributed by atoms with Gasteiger partial charge in [-0.05, 0) is 36.2 Å². The maximum Gasteiger partial charge on any atom is 0.162 e. The molecule has 0 radical (unpaired) electrons. The van der Waals surface area contributed by atoms with E-state index >= 15 is 0 Å². The van der Waals surface area contributed by atoms with Gasteiger partial charge in [-0.15, -0.1) is 0 Å². The molecule has 3 aromatic rings. The number of ketones is 1. The van der Waals surface area contributed by atoms with Crippen LogP contribution in [-0.2, 0) is 0 Å². The quantitative estimate of drug-likeness (QED) is 0.593. The van der Waals surface area contributed by atoms with Gasteiger partial charge in [-0.25, -0.2) is 0 Å². The third kappa shape index (κ3) is 2.85. The molecule has 0 saturated carbocycles. The van der Waals surface area contributed by atoms with Crippen LogP contribution >= 0.6 is 15.9 Å². The number of halogens is 1. The molecule has 1 aromatic heterocycles. The summed E-state index contributed by atoms with van der Waals surface area (Å²) in [6, 6.07) is 19.6. The molecule has 3 heteroatoms. The van der Waals surface area contributed by atoms with Crippen molar-refractivity contribution < 1.29 is 4.79 Å². The topological polar surface area (TPSA) is 30.0 Å². The van der Waals surface area contributed by atoms with Crippen molar-refractivity contribution >= 4 is 21.7 Å². The highest BCUT2D eigenvalue weighted by Gasteiger charge is 2.16. The Labute approximate surface area is 138 Å². The maximum absolute atomic E-state index is 12.3. The van der Waals surface area contributed by atoms with Crippen LogP contribution in [0.4, 0.5) is 0 Å². The lowest BCUT2D eigenvalue weighted by Crippen LogP contribution is -2.02. The predicted octanol–water partition coefficient (Wildman–Crippen LogP) is 5.38. The van der Waals surface area contributed by atoms with Crippen LogP contribution in [0.2, 0.25) is 0 Å². The van der Waals surface area contributed by atoms with Gasteiger partial charge in [-0.3, -0.25) is 9.78 Å². The standard InChI is InChI=1S/C19H14BrNO/c1-13(22)18-17(15-8-5-9-16(20)12-15)10-11-21-19(18)14-6-3-2-4-7-14/h2-12H,1H3. The van der Waals surface area contributed by atoms with E-state index in [2.05, 4.69) is 20.9 Å². The average Bonchev–Trinajstić information content (AvgIpc) is 2.55. The van der Waals surface area contributed by atoms with Gasteiger partial charge in [0.05, 0.1) is 11.3 Å². The van der Waals surface area contributed by atoms with Crippen LogP contribution in [0.1, 0.15) is 17.3 Å². The van der Waals surface area contributed by atoms with Crippen molar-refractivity contribution in [2.45, 2.75) is 6.92 Å². The van der Waals surface area contributed by atoms with Crippen LogP contribution in [-0.4, -0.2) is 10.8 Å². The highest BCUT2D eigenvalue weighted by molar-refractivity contribution is 9.10. The van der Waals surface area contributed by atoms with E-state index in [0.717, 1.165) is 26.9 Å². The van der Waals surface area contributed by atoms with E-state index in [1.807, 2.05) is 60.7 Å². The number of carbonyl (C=O) groups is 1. The lowest BCUT2D eigenvalue weighted by atomic mass is 9.94. The Balaban J connectivity index is 2.26. The smallest absolute Gasteiger partial charge is 0.162 e. The fourth-order valence-corrected chi connectivity index (χ4v) is 2.93. The Morgan fingerprint density at radius 1 is 0.955 bits per heavy atom. The second-order valence-corrected chi connectivity index (χ2v) is 5.93. The summed E-state index contributed by atoms with van der Waals surface area (Å²) in [4.78, 5) is 16.7. The second-order valence-electron chi connectivity index (χ2n) is 5.01. The summed E-state index contributed by atoms with van der Waals surface area (Å²) >= 11 is 3.48. The van der Waals surface area contributed by atoms with Crippen LogP contribution in [0.15, 0.2) is 71.3 Å². The first-order valence-corrected chi connectivity index (χ1v) is 7.77. The molecule has 2 aromatic carbocycles. The van der Waals surface area contributed by atoms with Crippen molar-refractivity contribution in [2.24, 2.45) is 0 Å². The maximum atomic E-state index is 12.3. The molecule has 0 spiro atoms. The van der Waals surface area contributed by atoms with Crippen molar-refractivity contribution in [3.63, 3.8) is 0 Å². The van der Waals surface area contributed by atoms with E-state index < -0.39 is 0 Å². The first-order chi connectivity index (χ1) is 10.7. The normalized spacial score (nSPS) is 10.5. The molecule has 0 unspecified atom stereocenters. The summed E-state index contributed by atoms with van der Waals surface area (Å²) < 4.78 is 0.984. The molecule has 0 aliphatic rings. The summed E-state index contributed by atoms with van der Waals surface area (Å²) in [6.07, 6.45) is 1.75. The Hall–Kier alpha value is -2.26. The molecule has 0 fully saturated rings. The molecule has 3 rings (SSSR count). The lowest BCUT2D eigenvalue weighted by Gasteiger charge is -2.12. The molecular formula is C19H14BrNO. The van der Waals surface area contributed by atoms with Gasteiger partial charge in [0.1, 0.15) is 0 Å². The number of Topliss-reactive ketones (excluding diaryl/α,β-unsaturated/α-hetero) is 1. The van der Waals surface area contributed by atoms with Gasteiger partial charge >= 0.3 is 0 Å². The number of hydrogen-bond donors (Lipinski definition) is 0. The Kier molecular flexibility index (Phi) is 4.16. The molecule has 0 aliphatic carbocycles. The molecule has 0 amide bonds. The first kappa shape index (κ1) is 14.7. The lowest BCUT2D eigenvalue weighted by molar-refractivity contribution is 0.101. The number of benzene rings is 2. The van der Waals surface area contributed by atoms with Gasteiger partial charge in [0.15, 0.2) is 5.78 Å². The van der Waals surface area contributed by atoms with Gasteiger partial charge in [-0.2, -0.15) is 0 Å². The van der Waals surface area contributed by atoms with E-state index in [1.165, 1.54) is 0 Å². The van der Waals surface area contributed by atoms with Crippen molar-refractivity contribution in [3.8, 4) is 22.4 Å². The van der Waals surface area contributed by atoms with Crippen LogP contribution in [0.25, 0.3) is 22.4 Å². The zero-order chi connectivity index (χ0) is 15.5. The Morgan fingerprint density at radius 3 is 2.36 bits per heavy atom. The van der Waals surface area contributed by atoms with E-state index in [-0.39, 0.29) is 5.78 Å². The van der Waals surface area contributed by atoms with Gasteiger partial charge in [0, 0.05) is 16.2 Å². The second kappa shape index (κ2) is 6.24. The highest BCUT2D eigenvalue weighted by Crippen LogP contribution is 2.32. The number of carbonyl (C=O) groups excluding carboxylic acids is 1. The monoisotopic (exact) mass is 351 g/mol. The minimum atomic E-state index is 0.0157. The minimum absolute atomic E-state index is 0.0157. The van der Waals surface area contributed by atoms with Crippen molar-refractivity contribution in [1.29, 1.82) is 0 Å². The molecule has 0 aliphatic heterocycles. The fourth-order valence-electron chi connectivity index (χ4n) is 2.53. The zero-order valence-electron chi connectivity index (χ0n) is 12.1. The molecule has 0 atom stereocenters. The molecule has 1 heterocycles. The number of rotatable bonds is 3. The molecule has 2 nitrogen and oxygen atoms in total. The summed E-state index contributed by atoms with van der Waals surface area (Å²) in [6.45, 7) is 1.59. The Morgan fingerprint density at radius 2 is 1.68 bits per heavy atom. The van der Waals surface area contributed by atoms with Crippen molar-refractivity contribution in [3.05, 3.63) is 76.9 Å². The third-order valence-electron chi connectivity index (χ3n) is 3.49. The van der Waals surface area contributed by atoms with E-state index in [0.29, 0.717) is 5.56 Å². The number of aromatic nitrogens is 1. The third-order valence-corrected chi connectivity index (χ3v) is 3.98. The summed E-state index contributed by atoms with van der Waals surface area (Å²) in [5.74, 6) is 0.0157. The highest BCUT2D eigenvalue weighted by atomic mass is 79.9. The summed E-state index contributed by atoms with van der Waals surface area (Å²) in [5, 5.41) is 0. The molecule has 108 valence electrons. The van der Waals surface area contributed by atoms with Crippen LogP contribution in [0, 0.1) is 0 Å². The first-order valence-electron chi connectivity index (χ1n) is 6.98. The number of nitrogens with zero attached hydrogens (tertiary/aromatic N) is 1. The molecule has 0 bridgehead atoms. The zero-order valence-corrected chi connectivity index (χ0v) is 13.7. The molecule has 0 saturated heterocycles. The van der Waals surface area contributed by atoms with Gasteiger partial charge in [0.25, 0.3) is 0 Å². The number of pyridine rings is 1. The van der Waals surface area contributed by atoms with E-state index in [4.69, 9.17) is 0 Å². The number of hydrogen-bond acceptors (Lipinski definition) is 2. The van der Waals surface area contributed by atoms with Gasteiger partial charge < -0.3 is 0 Å². The molecular weight excluding hydrogens is 338 g/mol. The van der Waals surface area contributed by atoms with Gasteiger partial charge in [-0.1, -0.05) is 58.4 Å². The van der Waals surface area contributed by atoms with Crippen molar-refractivity contribution in [1.82, 2.24) is 4.98 Å². The Bertz CT molecular complexity index is 828. The SMILES string of the molecule is CC(=O)c1c(-c2cccc(Br)c2)ccnc1-c1ccccc1. The minimum Gasteiger partial charge on any atom is -0.294 e. The summed E-state index contributed by atoms with van der Waals surface area (Å²) in [7, 11) is 0. The van der Waals surface area contributed by atoms with E-state index in [9.17, 15) is 4.79 Å². The van der Waals surface area contributed by atoms with Crippen LogP contribution in [0.3, 0.4) is 0 Å².